The maximum absolute atomic E-state index is 5.15. The highest BCUT2D eigenvalue weighted by Gasteiger charge is 2.17. The van der Waals surface area contributed by atoms with Crippen LogP contribution in [0.4, 0.5) is 0 Å². The summed E-state index contributed by atoms with van der Waals surface area (Å²) < 4.78 is 1.18. The van der Waals surface area contributed by atoms with Crippen LogP contribution in [-0.4, -0.2) is 19.9 Å². The van der Waals surface area contributed by atoms with E-state index in [1.54, 1.807) is 11.3 Å². The fourth-order valence-corrected chi connectivity index (χ4v) is 7.39. The third-order valence-corrected chi connectivity index (χ3v) is 9.69. The summed E-state index contributed by atoms with van der Waals surface area (Å²) in [5.74, 6) is 1.92. The van der Waals surface area contributed by atoms with Gasteiger partial charge in [0.2, 0.25) is 0 Å². The summed E-state index contributed by atoms with van der Waals surface area (Å²) in [6, 6.07) is 54.5. The Kier molecular flexibility index (Phi) is 6.61. The first-order valence-corrected chi connectivity index (χ1v) is 16.4. The topological polar surface area (TPSA) is 51.6 Å². The number of nitrogens with zero attached hydrogens (tertiary/aromatic N) is 4. The van der Waals surface area contributed by atoms with Crippen LogP contribution in [-0.2, 0) is 0 Å². The van der Waals surface area contributed by atoms with Crippen molar-refractivity contribution in [2.24, 2.45) is 0 Å². The molecule has 4 nitrogen and oxygen atoms in total. The van der Waals surface area contributed by atoms with Crippen LogP contribution in [0.3, 0.4) is 0 Å². The van der Waals surface area contributed by atoms with Gasteiger partial charge in [0.1, 0.15) is 5.01 Å². The van der Waals surface area contributed by atoms with E-state index in [0.29, 0.717) is 17.5 Å². The first-order valence-electron chi connectivity index (χ1n) is 15.6. The minimum absolute atomic E-state index is 0.636. The van der Waals surface area contributed by atoms with Crippen molar-refractivity contribution in [1.29, 1.82) is 0 Å². The van der Waals surface area contributed by atoms with Gasteiger partial charge >= 0.3 is 0 Å². The Labute approximate surface area is 275 Å². The van der Waals surface area contributed by atoms with Gasteiger partial charge in [0.25, 0.3) is 0 Å². The summed E-state index contributed by atoms with van der Waals surface area (Å²) >= 11 is 1.74. The molecule has 5 heteroatoms. The first-order chi connectivity index (χ1) is 23.3. The standard InChI is InChI=1S/C42H26N4S/c1-4-12-27(13-5-1)33-18-10-11-19-34(33)41-45-39(30-14-6-2-7-15-30)44-40(46-41)32-23-21-28-20-22-29-24-25-36-38(37(29)35(28)26-32)47-42(43-36)31-16-8-3-9-17-31/h1-26H. The van der Waals surface area contributed by atoms with Crippen LogP contribution in [0.5, 0.6) is 0 Å². The molecule has 2 heterocycles. The van der Waals surface area contributed by atoms with Crippen molar-refractivity contribution in [3.63, 3.8) is 0 Å². The van der Waals surface area contributed by atoms with Gasteiger partial charge in [-0.1, -0.05) is 146 Å². The van der Waals surface area contributed by atoms with Crippen molar-refractivity contribution < 1.29 is 0 Å². The van der Waals surface area contributed by atoms with Crippen LogP contribution in [0, 0.1) is 0 Å². The van der Waals surface area contributed by atoms with E-state index < -0.39 is 0 Å². The molecule has 0 radical (unpaired) electrons. The molecule has 0 aliphatic rings. The summed E-state index contributed by atoms with van der Waals surface area (Å²) in [5.41, 5.74) is 7.18. The maximum atomic E-state index is 5.15. The Morgan fingerprint density at radius 2 is 0.936 bits per heavy atom. The van der Waals surface area contributed by atoms with Crippen molar-refractivity contribution in [2.45, 2.75) is 0 Å². The van der Waals surface area contributed by atoms with Crippen LogP contribution in [0.25, 0.3) is 87.6 Å². The van der Waals surface area contributed by atoms with E-state index in [0.717, 1.165) is 54.7 Å². The molecule has 0 fully saturated rings. The summed E-state index contributed by atoms with van der Waals surface area (Å²) in [5, 5.41) is 5.72. The fraction of sp³-hybridized carbons (Fsp3) is 0. The van der Waals surface area contributed by atoms with E-state index >= 15 is 0 Å². The van der Waals surface area contributed by atoms with E-state index in [4.69, 9.17) is 19.9 Å². The van der Waals surface area contributed by atoms with Gasteiger partial charge < -0.3 is 0 Å². The summed E-state index contributed by atoms with van der Waals surface area (Å²) in [7, 11) is 0. The summed E-state index contributed by atoms with van der Waals surface area (Å²) in [6.45, 7) is 0. The second-order valence-electron chi connectivity index (χ2n) is 11.5. The zero-order chi connectivity index (χ0) is 31.2. The molecule has 0 saturated heterocycles. The Morgan fingerprint density at radius 1 is 0.383 bits per heavy atom. The van der Waals surface area contributed by atoms with E-state index in [1.165, 1.54) is 15.5 Å². The molecule has 47 heavy (non-hydrogen) atoms. The zero-order valence-corrected chi connectivity index (χ0v) is 26.0. The zero-order valence-electron chi connectivity index (χ0n) is 25.2. The predicted octanol–water partition coefficient (Wildman–Crippen LogP) is 11.1. The lowest BCUT2D eigenvalue weighted by Crippen LogP contribution is -2.01. The highest BCUT2D eigenvalue weighted by Crippen LogP contribution is 2.40. The minimum atomic E-state index is 0.636. The van der Waals surface area contributed by atoms with Crippen LogP contribution in [0.1, 0.15) is 0 Å². The monoisotopic (exact) mass is 618 g/mol. The molecule has 0 aliphatic carbocycles. The fourth-order valence-electron chi connectivity index (χ4n) is 6.25. The van der Waals surface area contributed by atoms with Gasteiger partial charge in [-0.3, -0.25) is 0 Å². The van der Waals surface area contributed by atoms with Gasteiger partial charge in [0, 0.05) is 27.6 Å². The average molecular weight is 619 g/mol. The highest BCUT2D eigenvalue weighted by atomic mass is 32.1. The Balaban J connectivity index is 1.27. The molecule has 0 atom stereocenters. The van der Waals surface area contributed by atoms with Gasteiger partial charge in [0.15, 0.2) is 17.5 Å². The van der Waals surface area contributed by atoms with Crippen LogP contribution >= 0.6 is 11.3 Å². The van der Waals surface area contributed by atoms with Crippen molar-refractivity contribution in [3.05, 3.63) is 158 Å². The van der Waals surface area contributed by atoms with Crippen LogP contribution < -0.4 is 0 Å². The van der Waals surface area contributed by atoms with Gasteiger partial charge in [-0.05, 0) is 39.4 Å². The molecule has 0 unspecified atom stereocenters. The molecule has 7 aromatic carbocycles. The molecule has 9 aromatic rings. The highest BCUT2D eigenvalue weighted by molar-refractivity contribution is 7.22. The average Bonchev–Trinajstić information content (AvgIpc) is 3.60. The molecule has 0 bridgehead atoms. The van der Waals surface area contributed by atoms with E-state index in [1.807, 2.05) is 48.5 Å². The summed E-state index contributed by atoms with van der Waals surface area (Å²) in [4.78, 5) is 20.3. The maximum Gasteiger partial charge on any atom is 0.164 e. The molecular formula is C42H26N4S. The quantitative estimate of drug-likeness (QED) is 0.180. The number of hydrogen-bond acceptors (Lipinski definition) is 5. The Bertz CT molecular complexity index is 2560. The lowest BCUT2D eigenvalue weighted by molar-refractivity contribution is 1.07. The predicted molar refractivity (Wildman–Crippen MR) is 195 cm³/mol. The van der Waals surface area contributed by atoms with Gasteiger partial charge in [0.05, 0.1) is 10.2 Å². The lowest BCUT2D eigenvalue weighted by atomic mass is 9.98. The molecule has 0 spiro atoms. The normalized spacial score (nSPS) is 11.4. The molecule has 220 valence electrons. The largest absolute Gasteiger partial charge is 0.236 e. The first kappa shape index (κ1) is 27.3. The number of hydrogen-bond donors (Lipinski definition) is 0. The number of rotatable bonds is 5. The van der Waals surface area contributed by atoms with Crippen molar-refractivity contribution in [3.8, 4) is 55.9 Å². The second-order valence-corrected chi connectivity index (χ2v) is 12.5. The van der Waals surface area contributed by atoms with Crippen molar-refractivity contribution in [1.82, 2.24) is 19.9 Å². The Morgan fingerprint density at radius 3 is 1.68 bits per heavy atom. The second kappa shape index (κ2) is 11.4. The van der Waals surface area contributed by atoms with Gasteiger partial charge in [-0.25, -0.2) is 19.9 Å². The third kappa shape index (κ3) is 4.94. The molecule has 2 aromatic heterocycles. The molecule has 9 rings (SSSR count). The molecule has 0 N–H and O–H groups in total. The molecule has 0 amide bonds. The number of thiazole rings is 1. The van der Waals surface area contributed by atoms with E-state index in [9.17, 15) is 0 Å². The van der Waals surface area contributed by atoms with Crippen LogP contribution in [0.2, 0.25) is 0 Å². The lowest BCUT2D eigenvalue weighted by Gasteiger charge is -2.12. The number of fused-ring (bicyclic) bond motifs is 5. The van der Waals surface area contributed by atoms with Gasteiger partial charge in [-0.15, -0.1) is 11.3 Å². The Hall–Kier alpha value is -6.04. The smallest absolute Gasteiger partial charge is 0.164 e. The van der Waals surface area contributed by atoms with E-state index in [2.05, 4.69) is 109 Å². The SMILES string of the molecule is c1ccc(-c2nc(-c3ccc4ccc5ccc6nc(-c7ccccc7)sc6c5c4c3)nc(-c3ccccc3-c3ccccc3)n2)cc1. The van der Waals surface area contributed by atoms with Crippen molar-refractivity contribution >= 4 is 43.1 Å². The molecule has 0 aliphatic heterocycles. The summed E-state index contributed by atoms with van der Waals surface area (Å²) in [6.07, 6.45) is 0. The third-order valence-electron chi connectivity index (χ3n) is 8.55. The number of aromatic nitrogens is 4. The number of benzene rings is 7. The minimum Gasteiger partial charge on any atom is -0.236 e. The van der Waals surface area contributed by atoms with Crippen LogP contribution in [0.15, 0.2) is 158 Å². The molecule has 0 saturated carbocycles. The van der Waals surface area contributed by atoms with Crippen molar-refractivity contribution in [2.75, 3.05) is 0 Å². The van der Waals surface area contributed by atoms with Gasteiger partial charge in [-0.2, -0.15) is 0 Å². The van der Waals surface area contributed by atoms with E-state index in [-0.39, 0.29) is 0 Å². The molecular weight excluding hydrogens is 593 g/mol.